The SMILES string of the molecule is C[C@]12CCC(=O)C=C1CC[C@H]1[C@@H]2CC[C@]2(C)[C@H]1CC[C@]2(O)C(=O)COC(=O)CCC(=O)N[C@@H](C(=O)O)c1ccccc1. The average molecular weight is 580 g/mol. The van der Waals surface area contributed by atoms with Crippen LogP contribution in [0.15, 0.2) is 42.0 Å². The quantitative estimate of drug-likeness (QED) is 0.371. The monoisotopic (exact) mass is 579 g/mol. The molecule has 4 aliphatic carbocycles. The van der Waals surface area contributed by atoms with Gasteiger partial charge in [0.1, 0.15) is 5.60 Å². The Kier molecular flexibility index (Phi) is 8.18. The van der Waals surface area contributed by atoms with Crippen molar-refractivity contribution in [2.45, 2.75) is 89.7 Å². The molecule has 5 rings (SSSR count). The number of amides is 1. The number of aliphatic hydroxyl groups is 1. The zero-order valence-corrected chi connectivity index (χ0v) is 24.4. The van der Waals surface area contributed by atoms with Gasteiger partial charge in [0, 0.05) is 18.3 Å². The highest BCUT2D eigenvalue weighted by atomic mass is 16.5. The minimum absolute atomic E-state index is 0.00370. The van der Waals surface area contributed by atoms with Gasteiger partial charge in [-0.15, -0.1) is 0 Å². The van der Waals surface area contributed by atoms with Gasteiger partial charge in [-0.05, 0) is 79.8 Å². The van der Waals surface area contributed by atoms with Crippen LogP contribution in [0.2, 0.25) is 0 Å². The van der Waals surface area contributed by atoms with Crippen molar-refractivity contribution in [1.29, 1.82) is 0 Å². The first-order valence-corrected chi connectivity index (χ1v) is 15.1. The van der Waals surface area contributed by atoms with Crippen LogP contribution in [-0.2, 0) is 28.7 Å². The molecule has 0 aliphatic heterocycles. The van der Waals surface area contributed by atoms with E-state index in [9.17, 15) is 34.2 Å². The number of hydrogen-bond donors (Lipinski definition) is 3. The number of hydrogen-bond acceptors (Lipinski definition) is 7. The first kappa shape index (κ1) is 30.1. The maximum absolute atomic E-state index is 13.4. The van der Waals surface area contributed by atoms with Gasteiger partial charge in [0.15, 0.2) is 18.4 Å². The van der Waals surface area contributed by atoms with Crippen LogP contribution in [0.25, 0.3) is 0 Å². The molecule has 1 aromatic carbocycles. The lowest BCUT2D eigenvalue weighted by Crippen LogP contribution is -2.58. The molecule has 0 heterocycles. The van der Waals surface area contributed by atoms with E-state index in [4.69, 9.17) is 4.74 Å². The average Bonchev–Trinajstić information content (AvgIpc) is 3.25. The van der Waals surface area contributed by atoms with E-state index in [2.05, 4.69) is 12.2 Å². The van der Waals surface area contributed by atoms with Crippen molar-refractivity contribution in [2.24, 2.45) is 28.6 Å². The maximum atomic E-state index is 13.4. The number of nitrogens with one attached hydrogen (secondary N) is 1. The Hall–Kier alpha value is -3.33. The van der Waals surface area contributed by atoms with Crippen LogP contribution in [0, 0.1) is 28.6 Å². The normalized spacial score (nSPS) is 34.2. The van der Waals surface area contributed by atoms with Crippen molar-refractivity contribution in [3.05, 3.63) is 47.5 Å². The molecule has 0 bridgehead atoms. The van der Waals surface area contributed by atoms with Crippen molar-refractivity contribution in [1.82, 2.24) is 5.32 Å². The van der Waals surface area contributed by atoms with E-state index < -0.39 is 47.3 Å². The van der Waals surface area contributed by atoms with Crippen molar-refractivity contribution >= 4 is 29.4 Å². The molecule has 1 amide bonds. The third-order valence-corrected chi connectivity index (χ3v) is 11.2. The summed E-state index contributed by atoms with van der Waals surface area (Å²) in [4.78, 5) is 61.9. The highest BCUT2D eigenvalue weighted by Crippen LogP contribution is 2.67. The Labute approximate surface area is 246 Å². The van der Waals surface area contributed by atoms with Gasteiger partial charge in [-0.2, -0.15) is 0 Å². The Bertz CT molecular complexity index is 1310. The van der Waals surface area contributed by atoms with Gasteiger partial charge >= 0.3 is 11.9 Å². The lowest BCUT2D eigenvalue weighted by molar-refractivity contribution is -0.170. The zero-order valence-electron chi connectivity index (χ0n) is 24.4. The number of allylic oxidation sites excluding steroid dienone is 1. The minimum Gasteiger partial charge on any atom is -0.479 e. The third kappa shape index (κ3) is 5.21. The number of Topliss-reactive ketones (excluding diaryl/α,β-unsaturated/α-hetero) is 1. The number of aliphatic carboxylic acids is 1. The van der Waals surface area contributed by atoms with Crippen molar-refractivity contribution in [3.63, 3.8) is 0 Å². The molecule has 3 saturated carbocycles. The van der Waals surface area contributed by atoms with Gasteiger partial charge in [0.2, 0.25) is 11.7 Å². The largest absolute Gasteiger partial charge is 0.479 e. The smallest absolute Gasteiger partial charge is 0.330 e. The number of benzene rings is 1. The van der Waals surface area contributed by atoms with E-state index in [1.54, 1.807) is 30.3 Å². The Balaban J connectivity index is 1.16. The molecule has 0 radical (unpaired) electrons. The molecule has 4 aliphatic rings. The fraction of sp³-hybridized carbons (Fsp3) is 0.606. The molecule has 226 valence electrons. The number of ether oxygens (including phenoxy) is 1. The van der Waals surface area contributed by atoms with Crippen LogP contribution in [0.5, 0.6) is 0 Å². The summed E-state index contributed by atoms with van der Waals surface area (Å²) in [5.41, 5.74) is -0.541. The molecule has 0 saturated heterocycles. The molecule has 0 unspecified atom stereocenters. The summed E-state index contributed by atoms with van der Waals surface area (Å²) >= 11 is 0. The first-order chi connectivity index (χ1) is 19.9. The van der Waals surface area contributed by atoms with Crippen LogP contribution in [0.3, 0.4) is 0 Å². The fourth-order valence-electron chi connectivity index (χ4n) is 8.75. The van der Waals surface area contributed by atoms with Crippen LogP contribution in [0.1, 0.15) is 89.7 Å². The molecule has 7 atom stereocenters. The minimum atomic E-state index is -1.59. The van der Waals surface area contributed by atoms with Crippen molar-refractivity contribution in [3.8, 4) is 0 Å². The van der Waals surface area contributed by atoms with Crippen LogP contribution in [0.4, 0.5) is 0 Å². The number of carboxylic acid groups (broad SMARTS) is 1. The summed E-state index contributed by atoms with van der Waals surface area (Å²) < 4.78 is 5.21. The number of esters is 1. The highest BCUT2D eigenvalue weighted by Gasteiger charge is 2.66. The second-order valence-electron chi connectivity index (χ2n) is 13.2. The predicted octanol–water partition coefficient (Wildman–Crippen LogP) is 4.08. The molecular weight excluding hydrogens is 538 g/mol. The maximum Gasteiger partial charge on any atom is 0.330 e. The molecule has 0 aromatic heterocycles. The van der Waals surface area contributed by atoms with Gasteiger partial charge in [-0.3, -0.25) is 19.2 Å². The molecule has 42 heavy (non-hydrogen) atoms. The standard InChI is InChI=1S/C33H41NO8/c1-31-15-12-22(35)18-21(31)8-9-23-24(31)13-16-32(2)25(23)14-17-33(32,41)26(36)19-42-28(38)11-10-27(37)34-29(30(39)40)20-6-4-3-5-7-20/h3-7,18,23-25,29,41H,8-17,19H2,1-2H3,(H,34,37)(H,39,40)/t23-,24-,25-,29+,31-,32+,33-/m0/s1. The van der Waals surface area contributed by atoms with E-state index in [-0.39, 0.29) is 30.0 Å². The number of fused-ring (bicyclic) bond motifs is 5. The van der Waals surface area contributed by atoms with Crippen molar-refractivity contribution in [2.75, 3.05) is 6.61 Å². The zero-order chi connectivity index (χ0) is 30.3. The Morgan fingerprint density at radius 3 is 2.40 bits per heavy atom. The second-order valence-corrected chi connectivity index (χ2v) is 13.2. The second kappa shape index (κ2) is 11.4. The number of carboxylic acids is 1. The Morgan fingerprint density at radius 1 is 0.976 bits per heavy atom. The van der Waals surface area contributed by atoms with E-state index >= 15 is 0 Å². The summed E-state index contributed by atoms with van der Waals surface area (Å²) in [5, 5.41) is 23.7. The number of ketones is 2. The van der Waals surface area contributed by atoms with Gasteiger partial charge in [0.25, 0.3) is 0 Å². The van der Waals surface area contributed by atoms with Gasteiger partial charge < -0.3 is 20.3 Å². The third-order valence-electron chi connectivity index (χ3n) is 11.2. The predicted molar refractivity (Wildman–Crippen MR) is 152 cm³/mol. The van der Waals surface area contributed by atoms with E-state index in [0.717, 1.165) is 32.1 Å². The summed E-state index contributed by atoms with van der Waals surface area (Å²) in [5.74, 6) is -1.94. The van der Waals surface area contributed by atoms with Crippen LogP contribution in [-0.4, -0.2) is 51.8 Å². The molecule has 3 N–H and O–H groups in total. The molecular formula is C33H41NO8. The lowest BCUT2D eigenvalue weighted by atomic mass is 9.46. The highest BCUT2D eigenvalue weighted by molar-refractivity contribution is 5.92. The molecule has 1 aromatic rings. The molecule has 3 fully saturated rings. The van der Waals surface area contributed by atoms with Gasteiger partial charge in [-0.25, -0.2) is 4.79 Å². The van der Waals surface area contributed by atoms with Gasteiger partial charge in [0.05, 0.1) is 6.42 Å². The van der Waals surface area contributed by atoms with Crippen molar-refractivity contribution < 1.29 is 38.9 Å². The van der Waals surface area contributed by atoms with E-state index in [1.165, 1.54) is 5.57 Å². The van der Waals surface area contributed by atoms with Crippen LogP contribution < -0.4 is 5.32 Å². The summed E-state index contributed by atoms with van der Waals surface area (Å²) in [6.45, 7) is 3.73. The molecule has 0 spiro atoms. The summed E-state index contributed by atoms with van der Waals surface area (Å²) in [6.07, 6.45) is 7.15. The number of carbonyl (C=O) groups is 5. The fourth-order valence-corrected chi connectivity index (χ4v) is 8.75. The van der Waals surface area contributed by atoms with E-state index in [0.29, 0.717) is 36.7 Å². The molecule has 9 nitrogen and oxygen atoms in total. The summed E-state index contributed by atoms with van der Waals surface area (Å²) in [6, 6.07) is 7.00. The van der Waals surface area contributed by atoms with Gasteiger partial charge in [-0.1, -0.05) is 49.8 Å². The number of rotatable bonds is 9. The van der Waals surface area contributed by atoms with Crippen LogP contribution >= 0.6 is 0 Å². The first-order valence-electron chi connectivity index (χ1n) is 15.1. The topological polar surface area (TPSA) is 147 Å². The Morgan fingerprint density at radius 2 is 1.69 bits per heavy atom. The molecule has 9 heteroatoms. The number of carbonyl (C=O) groups excluding carboxylic acids is 4. The lowest BCUT2D eigenvalue weighted by Gasteiger charge is -2.58. The summed E-state index contributed by atoms with van der Waals surface area (Å²) in [7, 11) is 0. The van der Waals surface area contributed by atoms with E-state index in [1.807, 2.05) is 13.0 Å².